The van der Waals surface area contributed by atoms with Gasteiger partial charge in [-0.3, -0.25) is 4.79 Å². The summed E-state index contributed by atoms with van der Waals surface area (Å²) in [6.07, 6.45) is 0. The Morgan fingerprint density at radius 2 is 1.94 bits per heavy atom. The number of nitrogens with zero attached hydrogens (tertiary/aromatic N) is 3. The number of fused-ring (bicyclic) bond motifs is 1. The van der Waals surface area contributed by atoms with Crippen molar-refractivity contribution in [3.05, 3.63) is 77.4 Å². The summed E-state index contributed by atoms with van der Waals surface area (Å²) in [5.74, 6) is 1.10. The van der Waals surface area contributed by atoms with Crippen molar-refractivity contribution in [2.45, 2.75) is 25.6 Å². The van der Waals surface area contributed by atoms with Crippen LogP contribution >= 0.6 is 11.8 Å². The molecule has 4 aromatic rings. The van der Waals surface area contributed by atoms with E-state index in [0.29, 0.717) is 22.2 Å². The van der Waals surface area contributed by atoms with Crippen LogP contribution in [0.2, 0.25) is 0 Å². The number of carbonyl (C=O) groups is 1. The fraction of sp³-hybridized carbons (Fsp3) is 0.208. The molecule has 0 radical (unpaired) electrons. The summed E-state index contributed by atoms with van der Waals surface area (Å²) in [7, 11) is 1.84. The molecule has 0 aliphatic rings. The van der Waals surface area contributed by atoms with Gasteiger partial charge in [0.05, 0.1) is 5.75 Å². The summed E-state index contributed by atoms with van der Waals surface area (Å²) in [4.78, 5) is 12.3. The van der Waals surface area contributed by atoms with Gasteiger partial charge in [0, 0.05) is 12.7 Å². The highest BCUT2D eigenvalue weighted by Gasteiger charge is 2.14. The Labute approximate surface area is 189 Å². The standard InChI is InChI=1S/C24H23FN4O2S/c1-15-12-18(25)9-10-20(15)26-23(30)14-32-24-28-27-22(29(24)3)13-31-21-11-8-17-6-4-5-7-19(17)16(21)2/h4-12H,13-14H2,1-3H3,(H,26,30). The van der Waals surface area contributed by atoms with Gasteiger partial charge in [0.15, 0.2) is 11.0 Å². The van der Waals surface area contributed by atoms with Gasteiger partial charge < -0.3 is 14.6 Å². The molecule has 6 nitrogen and oxygen atoms in total. The number of ether oxygens (including phenoxy) is 1. The third-order valence-corrected chi connectivity index (χ3v) is 6.25. The summed E-state index contributed by atoms with van der Waals surface area (Å²) >= 11 is 1.28. The molecule has 0 bridgehead atoms. The Morgan fingerprint density at radius 3 is 2.75 bits per heavy atom. The van der Waals surface area contributed by atoms with Crippen molar-refractivity contribution < 1.29 is 13.9 Å². The highest BCUT2D eigenvalue weighted by atomic mass is 32.2. The largest absolute Gasteiger partial charge is 0.485 e. The van der Waals surface area contributed by atoms with Crippen LogP contribution in [0.25, 0.3) is 10.8 Å². The maximum atomic E-state index is 13.2. The molecule has 1 N–H and O–H groups in total. The quantitative estimate of drug-likeness (QED) is 0.400. The molecule has 1 heterocycles. The molecule has 0 atom stereocenters. The first-order chi connectivity index (χ1) is 15.4. The monoisotopic (exact) mass is 450 g/mol. The van der Waals surface area contributed by atoms with Gasteiger partial charge in [0.25, 0.3) is 0 Å². The minimum atomic E-state index is -0.331. The Morgan fingerprint density at radius 1 is 1.12 bits per heavy atom. The van der Waals surface area contributed by atoms with Crippen LogP contribution in [0.5, 0.6) is 5.75 Å². The van der Waals surface area contributed by atoms with Gasteiger partial charge in [0.2, 0.25) is 5.91 Å². The van der Waals surface area contributed by atoms with E-state index in [0.717, 1.165) is 16.7 Å². The first-order valence-corrected chi connectivity index (χ1v) is 11.1. The van der Waals surface area contributed by atoms with Crippen LogP contribution < -0.4 is 10.1 Å². The second-order valence-electron chi connectivity index (χ2n) is 7.45. The first kappa shape index (κ1) is 21.8. The minimum Gasteiger partial charge on any atom is -0.485 e. The van der Waals surface area contributed by atoms with E-state index in [1.165, 1.54) is 29.3 Å². The molecule has 0 aliphatic heterocycles. The fourth-order valence-electron chi connectivity index (χ4n) is 3.39. The molecule has 32 heavy (non-hydrogen) atoms. The summed E-state index contributed by atoms with van der Waals surface area (Å²) in [5.41, 5.74) is 2.34. The van der Waals surface area contributed by atoms with E-state index in [4.69, 9.17) is 4.74 Å². The number of benzene rings is 3. The van der Waals surface area contributed by atoms with Crippen molar-refractivity contribution in [3.8, 4) is 5.75 Å². The number of rotatable bonds is 7. The van der Waals surface area contributed by atoms with Crippen LogP contribution in [-0.4, -0.2) is 26.4 Å². The van der Waals surface area contributed by atoms with Crippen molar-refractivity contribution in [1.82, 2.24) is 14.8 Å². The average Bonchev–Trinajstić information content (AvgIpc) is 3.13. The number of hydrogen-bond acceptors (Lipinski definition) is 5. The zero-order chi connectivity index (χ0) is 22.7. The summed E-state index contributed by atoms with van der Waals surface area (Å²) in [6.45, 7) is 4.05. The molecule has 1 aromatic heterocycles. The van der Waals surface area contributed by atoms with E-state index in [1.54, 1.807) is 13.0 Å². The van der Waals surface area contributed by atoms with Crippen molar-refractivity contribution in [1.29, 1.82) is 0 Å². The molecule has 0 spiro atoms. The van der Waals surface area contributed by atoms with E-state index < -0.39 is 0 Å². The van der Waals surface area contributed by atoms with E-state index in [-0.39, 0.29) is 24.1 Å². The minimum absolute atomic E-state index is 0.160. The second-order valence-corrected chi connectivity index (χ2v) is 8.39. The normalized spacial score (nSPS) is 11.0. The molecule has 0 saturated carbocycles. The molecule has 0 saturated heterocycles. The molecule has 0 unspecified atom stereocenters. The third-order valence-electron chi connectivity index (χ3n) is 5.23. The van der Waals surface area contributed by atoms with Gasteiger partial charge in [-0.2, -0.15) is 0 Å². The Balaban J connectivity index is 1.36. The Bertz CT molecular complexity index is 1290. The van der Waals surface area contributed by atoms with E-state index in [9.17, 15) is 9.18 Å². The number of thioether (sulfide) groups is 1. The lowest BCUT2D eigenvalue weighted by Crippen LogP contribution is -2.15. The van der Waals surface area contributed by atoms with Crippen LogP contribution in [0.1, 0.15) is 17.0 Å². The van der Waals surface area contributed by atoms with Crippen LogP contribution in [-0.2, 0) is 18.4 Å². The van der Waals surface area contributed by atoms with E-state index >= 15 is 0 Å². The highest BCUT2D eigenvalue weighted by molar-refractivity contribution is 7.99. The lowest BCUT2D eigenvalue weighted by atomic mass is 10.0. The van der Waals surface area contributed by atoms with Crippen LogP contribution in [0.15, 0.2) is 59.8 Å². The summed E-state index contributed by atoms with van der Waals surface area (Å²) < 4.78 is 21.0. The van der Waals surface area contributed by atoms with Gasteiger partial charge in [-0.05, 0) is 60.0 Å². The number of nitrogens with one attached hydrogen (secondary N) is 1. The van der Waals surface area contributed by atoms with Gasteiger partial charge >= 0.3 is 0 Å². The number of aromatic nitrogens is 3. The van der Waals surface area contributed by atoms with Crippen LogP contribution in [0.3, 0.4) is 0 Å². The lowest BCUT2D eigenvalue weighted by Gasteiger charge is -2.11. The van der Waals surface area contributed by atoms with Gasteiger partial charge in [-0.1, -0.05) is 42.1 Å². The summed E-state index contributed by atoms with van der Waals surface area (Å²) in [5, 5.41) is 14.1. The summed E-state index contributed by atoms with van der Waals surface area (Å²) in [6, 6.07) is 16.4. The maximum Gasteiger partial charge on any atom is 0.234 e. The molecule has 4 rings (SSSR count). The number of hydrogen-bond donors (Lipinski definition) is 1. The molecular formula is C24H23FN4O2S. The zero-order valence-electron chi connectivity index (χ0n) is 18.1. The number of aryl methyl sites for hydroxylation is 2. The predicted octanol–water partition coefficient (Wildman–Crippen LogP) is 5.03. The van der Waals surface area contributed by atoms with Gasteiger partial charge in [0.1, 0.15) is 18.2 Å². The van der Waals surface area contributed by atoms with Crippen molar-refractivity contribution in [3.63, 3.8) is 0 Å². The number of anilines is 1. The maximum absolute atomic E-state index is 13.2. The molecule has 1 amide bonds. The Hall–Kier alpha value is -3.39. The molecule has 3 aromatic carbocycles. The number of amides is 1. The SMILES string of the molecule is Cc1cc(F)ccc1NC(=O)CSc1nnc(COc2ccc3ccccc3c2C)n1C. The topological polar surface area (TPSA) is 69.0 Å². The van der Waals surface area contributed by atoms with Crippen LogP contribution in [0, 0.1) is 19.7 Å². The highest BCUT2D eigenvalue weighted by Crippen LogP contribution is 2.28. The van der Waals surface area contributed by atoms with Crippen molar-refractivity contribution >= 4 is 34.1 Å². The van der Waals surface area contributed by atoms with Gasteiger partial charge in [-0.15, -0.1) is 10.2 Å². The molecule has 8 heteroatoms. The van der Waals surface area contributed by atoms with Gasteiger partial charge in [-0.25, -0.2) is 4.39 Å². The second kappa shape index (κ2) is 9.40. The molecule has 0 fully saturated rings. The van der Waals surface area contributed by atoms with Crippen molar-refractivity contribution in [2.75, 3.05) is 11.1 Å². The van der Waals surface area contributed by atoms with E-state index in [2.05, 4.69) is 27.6 Å². The zero-order valence-corrected chi connectivity index (χ0v) is 18.9. The van der Waals surface area contributed by atoms with E-state index in [1.807, 2.05) is 42.8 Å². The smallest absolute Gasteiger partial charge is 0.234 e. The fourth-order valence-corrected chi connectivity index (χ4v) is 4.12. The number of halogens is 1. The number of carbonyl (C=O) groups excluding carboxylic acids is 1. The first-order valence-electron chi connectivity index (χ1n) is 10.1. The molecule has 0 aliphatic carbocycles. The van der Waals surface area contributed by atoms with Crippen molar-refractivity contribution in [2.24, 2.45) is 7.05 Å². The average molecular weight is 451 g/mol. The molecule has 164 valence electrons. The predicted molar refractivity (Wildman–Crippen MR) is 125 cm³/mol. The lowest BCUT2D eigenvalue weighted by molar-refractivity contribution is -0.113. The third kappa shape index (κ3) is 4.75. The van der Waals surface area contributed by atoms with Crippen LogP contribution in [0.4, 0.5) is 10.1 Å². The molecular weight excluding hydrogens is 427 g/mol. The Kier molecular flexibility index (Phi) is 6.41.